The number of alkyl halides is 1. The van der Waals surface area contributed by atoms with Crippen molar-refractivity contribution in [3.63, 3.8) is 0 Å². The Labute approximate surface area is 61.4 Å². The van der Waals surface area contributed by atoms with Gasteiger partial charge in [0.1, 0.15) is 6.17 Å². The zero-order valence-corrected chi connectivity index (χ0v) is 6.26. The van der Waals surface area contributed by atoms with E-state index < -0.39 is 6.17 Å². The fourth-order valence-corrected chi connectivity index (χ4v) is 0.519. The summed E-state index contributed by atoms with van der Waals surface area (Å²) >= 11 is 0. The van der Waals surface area contributed by atoms with Crippen LogP contribution in [0, 0.1) is 0 Å². The van der Waals surface area contributed by atoms with Gasteiger partial charge in [-0.1, -0.05) is 24.8 Å². The van der Waals surface area contributed by atoms with E-state index in [1.54, 1.807) is 12.2 Å². The van der Waals surface area contributed by atoms with Crippen molar-refractivity contribution >= 4 is 0 Å². The Hall–Kier alpha value is -0.630. The summed E-state index contributed by atoms with van der Waals surface area (Å²) in [7, 11) is 0. The maximum Gasteiger partial charge on any atom is 0.113 e. The summed E-state index contributed by atoms with van der Waals surface area (Å²) in [5.74, 6) is 0. The van der Waals surface area contributed by atoms with Crippen molar-refractivity contribution in [1.29, 1.82) is 0 Å². The Kier molecular flexibility index (Phi) is 4.85. The highest BCUT2D eigenvalue weighted by molar-refractivity contribution is 4.98. The smallest absolute Gasteiger partial charge is 0.113 e. The van der Waals surface area contributed by atoms with Gasteiger partial charge in [0, 0.05) is 6.04 Å². The molecule has 0 rings (SSSR count). The van der Waals surface area contributed by atoms with Crippen molar-refractivity contribution < 1.29 is 4.39 Å². The highest BCUT2D eigenvalue weighted by atomic mass is 19.1. The predicted molar refractivity (Wildman–Crippen MR) is 42.5 cm³/mol. The molecule has 1 unspecified atom stereocenters. The van der Waals surface area contributed by atoms with Crippen LogP contribution in [-0.4, -0.2) is 12.2 Å². The molecule has 0 aromatic carbocycles. The lowest BCUT2D eigenvalue weighted by atomic mass is 10.1. The van der Waals surface area contributed by atoms with E-state index in [1.165, 1.54) is 6.92 Å². The van der Waals surface area contributed by atoms with E-state index in [0.29, 0.717) is 6.42 Å². The van der Waals surface area contributed by atoms with Crippen LogP contribution in [0.15, 0.2) is 24.8 Å². The number of allylic oxidation sites excluding steroid dienone is 2. The molecule has 0 aliphatic carbocycles. The highest BCUT2D eigenvalue weighted by Crippen LogP contribution is 1.99. The van der Waals surface area contributed by atoms with Gasteiger partial charge in [0.25, 0.3) is 0 Å². The van der Waals surface area contributed by atoms with E-state index in [2.05, 4.69) is 6.58 Å². The average molecular weight is 143 g/mol. The second-order valence-corrected chi connectivity index (χ2v) is 2.24. The SMILES string of the molecule is C=C/C=C\C[C@H](N)C(C)F. The molecule has 0 amide bonds. The van der Waals surface area contributed by atoms with Crippen molar-refractivity contribution in [1.82, 2.24) is 0 Å². The molecule has 0 aromatic rings. The monoisotopic (exact) mass is 143 g/mol. The van der Waals surface area contributed by atoms with Crippen LogP contribution in [0.3, 0.4) is 0 Å². The van der Waals surface area contributed by atoms with Crippen molar-refractivity contribution in [3.8, 4) is 0 Å². The summed E-state index contributed by atoms with van der Waals surface area (Å²) in [6.07, 6.45) is 4.87. The molecule has 0 aromatic heterocycles. The number of hydrogen-bond acceptors (Lipinski definition) is 1. The third kappa shape index (κ3) is 4.27. The maximum absolute atomic E-state index is 12.3. The molecular weight excluding hydrogens is 129 g/mol. The van der Waals surface area contributed by atoms with Crippen molar-refractivity contribution in [2.45, 2.75) is 25.6 Å². The molecule has 0 saturated heterocycles. The van der Waals surface area contributed by atoms with Gasteiger partial charge in [-0.15, -0.1) is 0 Å². The normalized spacial score (nSPS) is 17.1. The summed E-state index contributed by atoms with van der Waals surface area (Å²) < 4.78 is 12.3. The van der Waals surface area contributed by atoms with Gasteiger partial charge in [-0.2, -0.15) is 0 Å². The number of hydrogen-bond donors (Lipinski definition) is 1. The van der Waals surface area contributed by atoms with Crippen molar-refractivity contribution in [2.75, 3.05) is 0 Å². The van der Waals surface area contributed by atoms with Gasteiger partial charge in [-0.05, 0) is 13.3 Å². The van der Waals surface area contributed by atoms with Gasteiger partial charge in [-0.25, -0.2) is 4.39 Å². The van der Waals surface area contributed by atoms with E-state index >= 15 is 0 Å². The lowest BCUT2D eigenvalue weighted by Crippen LogP contribution is -2.28. The molecule has 0 fully saturated rings. The van der Waals surface area contributed by atoms with E-state index in [4.69, 9.17) is 5.73 Å². The van der Waals surface area contributed by atoms with Crippen LogP contribution in [-0.2, 0) is 0 Å². The third-order valence-corrected chi connectivity index (χ3v) is 1.27. The van der Waals surface area contributed by atoms with E-state index in [0.717, 1.165) is 0 Å². The van der Waals surface area contributed by atoms with Gasteiger partial charge in [0.05, 0.1) is 0 Å². The molecule has 2 N–H and O–H groups in total. The van der Waals surface area contributed by atoms with Crippen molar-refractivity contribution in [2.24, 2.45) is 5.73 Å². The Morgan fingerprint density at radius 1 is 1.70 bits per heavy atom. The summed E-state index contributed by atoms with van der Waals surface area (Å²) in [5, 5.41) is 0. The van der Waals surface area contributed by atoms with Gasteiger partial charge in [-0.3, -0.25) is 0 Å². The Bertz CT molecular complexity index is 118. The van der Waals surface area contributed by atoms with Crippen LogP contribution in [0.1, 0.15) is 13.3 Å². The second-order valence-electron chi connectivity index (χ2n) is 2.24. The predicted octanol–water partition coefficient (Wildman–Crippen LogP) is 1.80. The molecule has 0 radical (unpaired) electrons. The van der Waals surface area contributed by atoms with Gasteiger partial charge in [0.2, 0.25) is 0 Å². The lowest BCUT2D eigenvalue weighted by Gasteiger charge is -2.08. The van der Waals surface area contributed by atoms with Crippen LogP contribution >= 0.6 is 0 Å². The molecule has 0 aliphatic rings. The fourth-order valence-electron chi connectivity index (χ4n) is 0.519. The minimum absolute atomic E-state index is 0.379. The molecule has 0 saturated carbocycles. The van der Waals surface area contributed by atoms with Crippen LogP contribution < -0.4 is 5.73 Å². The van der Waals surface area contributed by atoms with E-state index in [-0.39, 0.29) is 6.04 Å². The molecule has 0 aliphatic heterocycles. The van der Waals surface area contributed by atoms with Crippen LogP contribution in [0.4, 0.5) is 4.39 Å². The Balaban J connectivity index is 3.48. The molecule has 1 nitrogen and oxygen atoms in total. The van der Waals surface area contributed by atoms with E-state index in [9.17, 15) is 4.39 Å². The Morgan fingerprint density at radius 2 is 2.30 bits per heavy atom. The largest absolute Gasteiger partial charge is 0.325 e. The Morgan fingerprint density at radius 3 is 2.70 bits per heavy atom. The first kappa shape index (κ1) is 9.37. The molecule has 2 heteroatoms. The topological polar surface area (TPSA) is 26.0 Å². The number of nitrogens with two attached hydrogens (primary N) is 1. The summed E-state index contributed by atoms with van der Waals surface area (Å²) in [6.45, 7) is 4.95. The second kappa shape index (κ2) is 5.18. The molecule has 0 heterocycles. The van der Waals surface area contributed by atoms with Crippen LogP contribution in [0.5, 0.6) is 0 Å². The first-order chi connectivity index (χ1) is 4.68. The first-order valence-corrected chi connectivity index (χ1v) is 3.35. The zero-order valence-electron chi connectivity index (χ0n) is 6.26. The zero-order chi connectivity index (χ0) is 7.98. The molecule has 10 heavy (non-hydrogen) atoms. The fraction of sp³-hybridized carbons (Fsp3) is 0.500. The maximum atomic E-state index is 12.3. The third-order valence-electron chi connectivity index (χ3n) is 1.27. The van der Waals surface area contributed by atoms with Gasteiger partial charge >= 0.3 is 0 Å². The lowest BCUT2D eigenvalue weighted by molar-refractivity contribution is 0.306. The van der Waals surface area contributed by atoms with E-state index in [1.807, 2.05) is 6.08 Å². The minimum Gasteiger partial charge on any atom is -0.325 e. The molecule has 0 spiro atoms. The van der Waals surface area contributed by atoms with Gasteiger partial charge < -0.3 is 5.73 Å². The minimum atomic E-state index is -0.936. The molecular formula is C8H14FN. The molecule has 0 bridgehead atoms. The number of rotatable bonds is 4. The molecule has 2 atom stereocenters. The standard InChI is InChI=1S/C8H14FN/c1-3-4-5-6-8(10)7(2)9/h3-5,7-8H,1,6,10H2,2H3/b5-4-/t7?,8-/m0/s1. The quantitative estimate of drug-likeness (QED) is 0.597. The summed E-state index contributed by atoms with van der Waals surface area (Å²) in [4.78, 5) is 0. The summed E-state index contributed by atoms with van der Waals surface area (Å²) in [5.41, 5.74) is 5.40. The van der Waals surface area contributed by atoms with Crippen LogP contribution in [0.25, 0.3) is 0 Å². The van der Waals surface area contributed by atoms with Gasteiger partial charge in [0.15, 0.2) is 0 Å². The first-order valence-electron chi connectivity index (χ1n) is 3.35. The number of halogens is 1. The average Bonchev–Trinajstić information content (AvgIpc) is 1.88. The molecule has 58 valence electrons. The van der Waals surface area contributed by atoms with Crippen molar-refractivity contribution in [3.05, 3.63) is 24.8 Å². The highest BCUT2D eigenvalue weighted by Gasteiger charge is 2.07. The van der Waals surface area contributed by atoms with Crippen LogP contribution in [0.2, 0.25) is 0 Å². The summed E-state index contributed by atoms with van der Waals surface area (Å²) in [6, 6.07) is -0.379.